The number of hydrogen-bond acceptors (Lipinski definition) is 3. The third-order valence-electron chi connectivity index (χ3n) is 2.63. The topological polar surface area (TPSA) is 70.6 Å². The van der Waals surface area contributed by atoms with Crippen molar-refractivity contribution in [1.29, 1.82) is 0 Å². The van der Waals surface area contributed by atoms with Gasteiger partial charge in [0.15, 0.2) is 6.61 Å². The first kappa shape index (κ1) is 18.0. The van der Waals surface area contributed by atoms with Crippen LogP contribution in [0.2, 0.25) is 0 Å². The van der Waals surface area contributed by atoms with E-state index in [1.807, 2.05) is 0 Å². The van der Waals surface area contributed by atoms with Crippen LogP contribution in [0.25, 0.3) is 0 Å². The van der Waals surface area contributed by atoms with Crippen molar-refractivity contribution in [3.8, 4) is 5.75 Å². The van der Waals surface area contributed by atoms with E-state index in [0.717, 1.165) is 18.2 Å². The van der Waals surface area contributed by atoms with Gasteiger partial charge in [0.05, 0.1) is 18.3 Å². The molecule has 1 aromatic rings. The molecule has 0 spiro atoms. The number of nitrogens with one attached hydrogen (secondary N) is 2. The molecule has 1 unspecified atom stereocenters. The zero-order valence-corrected chi connectivity index (χ0v) is 11.7. The van der Waals surface area contributed by atoms with Gasteiger partial charge in [0, 0.05) is 6.07 Å². The van der Waals surface area contributed by atoms with Gasteiger partial charge >= 0.3 is 12.2 Å². The van der Waals surface area contributed by atoms with Crippen molar-refractivity contribution in [3.63, 3.8) is 0 Å². The monoisotopic (exact) mass is 324 g/mol. The number of carbonyl (C=O) groups is 1. The zero-order valence-electron chi connectivity index (χ0n) is 11.7. The van der Waals surface area contributed by atoms with Crippen LogP contribution in [0.4, 0.5) is 28.0 Å². The number of rotatable bonds is 6. The lowest BCUT2D eigenvalue weighted by Crippen LogP contribution is -2.39. The maximum atomic E-state index is 13.2. The molecule has 0 aliphatic heterocycles. The van der Waals surface area contributed by atoms with Crippen molar-refractivity contribution in [3.05, 3.63) is 24.0 Å². The Morgan fingerprint density at radius 1 is 1.41 bits per heavy atom. The number of benzene rings is 1. The maximum absolute atomic E-state index is 13.2. The van der Waals surface area contributed by atoms with Gasteiger partial charge < -0.3 is 20.5 Å². The molecule has 1 aromatic carbocycles. The second-order valence-corrected chi connectivity index (χ2v) is 4.43. The number of amides is 2. The summed E-state index contributed by atoms with van der Waals surface area (Å²) in [5.74, 6) is -1.06. The van der Waals surface area contributed by atoms with Crippen molar-refractivity contribution in [2.45, 2.75) is 25.6 Å². The number of anilines is 1. The average molecular weight is 324 g/mol. The second-order valence-electron chi connectivity index (χ2n) is 4.43. The Morgan fingerprint density at radius 2 is 2.09 bits per heavy atom. The van der Waals surface area contributed by atoms with Gasteiger partial charge in [-0.25, -0.2) is 9.18 Å². The van der Waals surface area contributed by atoms with Gasteiger partial charge in [0.1, 0.15) is 11.6 Å². The van der Waals surface area contributed by atoms with E-state index in [1.165, 1.54) is 0 Å². The summed E-state index contributed by atoms with van der Waals surface area (Å²) in [5.41, 5.74) is -0.241. The van der Waals surface area contributed by atoms with E-state index in [0.29, 0.717) is 6.42 Å². The van der Waals surface area contributed by atoms with Gasteiger partial charge in [-0.15, -0.1) is 0 Å². The Balaban J connectivity index is 2.79. The van der Waals surface area contributed by atoms with Crippen LogP contribution >= 0.6 is 0 Å². The molecule has 22 heavy (non-hydrogen) atoms. The number of alkyl halides is 3. The van der Waals surface area contributed by atoms with Crippen LogP contribution in [0.3, 0.4) is 0 Å². The van der Waals surface area contributed by atoms with Crippen LogP contribution in [0.1, 0.15) is 13.3 Å². The Kier molecular flexibility index (Phi) is 6.41. The molecule has 0 fully saturated rings. The van der Waals surface area contributed by atoms with Crippen LogP contribution < -0.4 is 15.4 Å². The van der Waals surface area contributed by atoms with E-state index in [4.69, 9.17) is 5.11 Å². The van der Waals surface area contributed by atoms with E-state index in [-0.39, 0.29) is 18.0 Å². The number of aliphatic hydroxyl groups is 1. The van der Waals surface area contributed by atoms with Crippen molar-refractivity contribution >= 4 is 11.7 Å². The number of urea groups is 1. The minimum atomic E-state index is -4.56. The number of ether oxygens (including phenoxy) is 1. The molecule has 0 heterocycles. The Bertz CT molecular complexity index is 505. The lowest BCUT2D eigenvalue weighted by Gasteiger charge is -2.17. The molecule has 124 valence electrons. The fraction of sp³-hybridized carbons (Fsp3) is 0.462. The SMILES string of the molecule is CCC(CO)NC(=O)Nc1cc(F)ccc1OCC(F)(F)F. The highest BCUT2D eigenvalue weighted by Crippen LogP contribution is 2.27. The molecule has 0 aliphatic rings. The fourth-order valence-electron chi connectivity index (χ4n) is 1.51. The molecular formula is C13H16F4N2O3. The largest absolute Gasteiger partial charge is 0.482 e. The summed E-state index contributed by atoms with van der Waals surface area (Å²) in [5, 5.41) is 13.5. The van der Waals surface area contributed by atoms with Crippen LogP contribution in [-0.2, 0) is 0 Å². The summed E-state index contributed by atoms with van der Waals surface area (Å²) in [6, 6.07) is 1.43. The molecule has 0 aromatic heterocycles. The maximum Gasteiger partial charge on any atom is 0.422 e. The predicted octanol–water partition coefficient (Wildman–Crippen LogP) is 2.66. The van der Waals surface area contributed by atoms with Gasteiger partial charge in [-0.1, -0.05) is 6.92 Å². The third-order valence-corrected chi connectivity index (χ3v) is 2.63. The highest BCUT2D eigenvalue weighted by atomic mass is 19.4. The normalized spacial score (nSPS) is 12.6. The Hall–Kier alpha value is -2.03. The number of aliphatic hydroxyl groups excluding tert-OH is 1. The van der Waals surface area contributed by atoms with Crippen molar-refractivity contribution in [1.82, 2.24) is 5.32 Å². The van der Waals surface area contributed by atoms with Crippen LogP contribution in [-0.4, -0.2) is 36.6 Å². The number of carbonyl (C=O) groups excluding carboxylic acids is 1. The van der Waals surface area contributed by atoms with Crippen LogP contribution in [0.5, 0.6) is 5.75 Å². The summed E-state index contributed by atoms with van der Waals surface area (Å²) in [4.78, 5) is 11.7. The lowest BCUT2D eigenvalue weighted by atomic mass is 10.2. The summed E-state index contributed by atoms with van der Waals surface area (Å²) < 4.78 is 54.2. The molecule has 3 N–H and O–H groups in total. The summed E-state index contributed by atoms with van der Waals surface area (Å²) >= 11 is 0. The molecule has 0 saturated carbocycles. The molecule has 0 aliphatic carbocycles. The summed E-state index contributed by atoms with van der Waals surface area (Å²) in [6.45, 7) is -0.144. The Morgan fingerprint density at radius 3 is 2.64 bits per heavy atom. The molecule has 0 bridgehead atoms. The van der Waals surface area contributed by atoms with Crippen molar-refractivity contribution in [2.75, 3.05) is 18.5 Å². The van der Waals surface area contributed by atoms with Crippen molar-refractivity contribution < 1.29 is 32.2 Å². The Labute approximate surface area is 124 Å². The molecule has 1 rings (SSSR count). The van der Waals surface area contributed by atoms with E-state index in [1.54, 1.807) is 6.92 Å². The molecule has 0 radical (unpaired) electrons. The standard InChI is InChI=1S/C13H16F4N2O3/c1-2-9(6-20)18-12(21)19-10-5-8(14)3-4-11(10)22-7-13(15,16)17/h3-5,9,20H,2,6-7H2,1H3,(H2,18,19,21). The smallest absolute Gasteiger partial charge is 0.422 e. The minimum Gasteiger partial charge on any atom is -0.482 e. The molecule has 5 nitrogen and oxygen atoms in total. The first-order valence-corrected chi connectivity index (χ1v) is 6.42. The fourth-order valence-corrected chi connectivity index (χ4v) is 1.51. The summed E-state index contributed by atoms with van der Waals surface area (Å²) in [7, 11) is 0. The first-order chi connectivity index (χ1) is 10.2. The van der Waals surface area contributed by atoms with Gasteiger partial charge in [-0.05, 0) is 18.6 Å². The highest BCUT2D eigenvalue weighted by Gasteiger charge is 2.29. The van der Waals surface area contributed by atoms with E-state index >= 15 is 0 Å². The molecular weight excluding hydrogens is 308 g/mol. The molecule has 9 heteroatoms. The first-order valence-electron chi connectivity index (χ1n) is 6.42. The average Bonchev–Trinajstić information content (AvgIpc) is 2.42. The number of hydrogen-bond donors (Lipinski definition) is 3. The van der Waals surface area contributed by atoms with E-state index in [2.05, 4.69) is 15.4 Å². The van der Waals surface area contributed by atoms with E-state index < -0.39 is 30.7 Å². The lowest BCUT2D eigenvalue weighted by molar-refractivity contribution is -0.153. The van der Waals surface area contributed by atoms with Gasteiger partial charge in [0.2, 0.25) is 0 Å². The highest BCUT2D eigenvalue weighted by molar-refractivity contribution is 5.91. The summed E-state index contributed by atoms with van der Waals surface area (Å²) in [6.07, 6.45) is -4.11. The predicted molar refractivity (Wildman–Crippen MR) is 71.3 cm³/mol. The molecule has 2 amide bonds. The van der Waals surface area contributed by atoms with Gasteiger partial charge in [-0.3, -0.25) is 0 Å². The van der Waals surface area contributed by atoms with Gasteiger partial charge in [0.25, 0.3) is 0 Å². The zero-order chi connectivity index (χ0) is 16.8. The molecule has 0 saturated heterocycles. The minimum absolute atomic E-state index is 0.241. The second kappa shape index (κ2) is 7.83. The molecule has 1 atom stereocenters. The van der Waals surface area contributed by atoms with Crippen LogP contribution in [0, 0.1) is 5.82 Å². The van der Waals surface area contributed by atoms with Gasteiger partial charge in [-0.2, -0.15) is 13.2 Å². The van der Waals surface area contributed by atoms with Crippen LogP contribution in [0.15, 0.2) is 18.2 Å². The van der Waals surface area contributed by atoms with E-state index in [9.17, 15) is 22.4 Å². The van der Waals surface area contributed by atoms with Crippen molar-refractivity contribution in [2.24, 2.45) is 0 Å². The number of halogens is 4. The third kappa shape index (κ3) is 6.17. The quantitative estimate of drug-likeness (QED) is 0.705.